The number of carbonyl (C=O) groups excluding carboxylic acids is 2. The quantitative estimate of drug-likeness (QED) is 0.503. The Labute approximate surface area is 182 Å². The number of anilines is 2. The Hall–Kier alpha value is -3.17. The zero-order valence-corrected chi connectivity index (χ0v) is 18.2. The number of nitrogens with one attached hydrogen (secondary N) is 2. The minimum absolute atomic E-state index is 0.0946. The fraction of sp³-hybridized carbons (Fsp3) is 0.0476. The van der Waals surface area contributed by atoms with E-state index < -0.39 is 21.9 Å². The number of methoxy groups -OCH3 is 1. The fourth-order valence-corrected chi connectivity index (χ4v) is 4.21. The molecule has 154 valence electrons. The topological polar surface area (TPSA) is 102 Å². The van der Waals surface area contributed by atoms with E-state index in [0.717, 1.165) is 0 Å². The maximum Gasteiger partial charge on any atom is 0.337 e. The Morgan fingerprint density at radius 3 is 2.30 bits per heavy atom. The van der Waals surface area contributed by atoms with Crippen LogP contribution in [0.2, 0.25) is 0 Å². The van der Waals surface area contributed by atoms with Gasteiger partial charge in [0.15, 0.2) is 0 Å². The molecule has 0 radical (unpaired) electrons. The van der Waals surface area contributed by atoms with E-state index in [9.17, 15) is 18.0 Å². The number of amides is 1. The number of rotatable bonds is 6. The van der Waals surface area contributed by atoms with Gasteiger partial charge in [-0.3, -0.25) is 9.52 Å². The van der Waals surface area contributed by atoms with Gasteiger partial charge in [-0.2, -0.15) is 0 Å². The molecule has 0 aliphatic carbocycles. The van der Waals surface area contributed by atoms with Crippen molar-refractivity contribution in [2.24, 2.45) is 0 Å². The highest BCUT2D eigenvalue weighted by atomic mass is 79.9. The lowest BCUT2D eigenvalue weighted by Crippen LogP contribution is -2.16. The van der Waals surface area contributed by atoms with Crippen molar-refractivity contribution in [2.75, 3.05) is 17.1 Å². The van der Waals surface area contributed by atoms with Crippen LogP contribution in [0.25, 0.3) is 0 Å². The number of carbonyl (C=O) groups is 2. The summed E-state index contributed by atoms with van der Waals surface area (Å²) >= 11 is 3.24. The third kappa shape index (κ3) is 5.25. The predicted octanol–water partition coefficient (Wildman–Crippen LogP) is 4.29. The highest BCUT2D eigenvalue weighted by molar-refractivity contribution is 9.10. The Kier molecular flexibility index (Phi) is 6.53. The number of esters is 1. The second-order valence-electron chi connectivity index (χ2n) is 6.17. The van der Waals surface area contributed by atoms with Gasteiger partial charge in [0.1, 0.15) is 0 Å². The molecule has 0 aliphatic rings. The standard InChI is InChI=1S/C21H17BrN2O5S/c1-29-21(26)15-10-16(22)13-18(11-15)24-30(27,28)19-9-5-6-14(12-19)20(25)23-17-7-3-2-4-8-17/h2-13,24H,1H3,(H,23,25). The normalized spacial score (nSPS) is 10.9. The maximum absolute atomic E-state index is 12.8. The number of ether oxygens (including phenoxy) is 1. The van der Waals surface area contributed by atoms with Crippen molar-refractivity contribution in [2.45, 2.75) is 4.90 Å². The Morgan fingerprint density at radius 1 is 0.867 bits per heavy atom. The van der Waals surface area contributed by atoms with Crippen LogP contribution in [0, 0.1) is 0 Å². The van der Waals surface area contributed by atoms with E-state index in [2.05, 4.69) is 30.7 Å². The van der Waals surface area contributed by atoms with Crippen LogP contribution in [-0.2, 0) is 14.8 Å². The SMILES string of the molecule is COC(=O)c1cc(Br)cc(NS(=O)(=O)c2cccc(C(=O)Nc3ccccc3)c2)c1. The molecule has 1 amide bonds. The van der Waals surface area contributed by atoms with Crippen molar-refractivity contribution < 1.29 is 22.7 Å². The summed E-state index contributed by atoms with van der Waals surface area (Å²) in [5.41, 5.74) is 1.13. The van der Waals surface area contributed by atoms with Crippen molar-refractivity contribution in [1.82, 2.24) is 0 Å². The molecule has 2 N–H and O–H groups in total. The summed E-state index contributed by atoms with van der Waals surface area (Å²) in [6, 6.07) is 18.9. The molecule has 0 saturated heterocycles. The van der Waals surface area contributed by atoms with Gasteiger partial charge >= 0.3 is 5.97 Å². The van der Waals surface area contributed by atoms with Crippen LogP contribution in [0.1, 0.15) is 20.7 Å². The average Bonchev–Trinajstić information content (AvgIpc) is 2.73. The molecule has 7 nitrogen and oxygen atoms in total. The zero-order valence-electron chi connectivity index (χ0n) is 15.8. The molecular weight excluding hydrogens is 472 g/mol. The van der Waals surface area contributed by atoms with E-state index in [-0.39, 0.29) is 21.7 Å². The molecule has 0 fully saturated rings. The molecule has 0 spiro atoms. The van der Waals surface area contributed by atoms with Crippen molar-refractivity contribution in [3.63, 3.8) is 0 Å². The number of hydrogen-bond donors (Lipinski definition) is 2. The first-order chi connectivity index (χ1) is 14.3. The first-order valence-electron chi connectivity index (χ1n) is 8.67. The van der Waals surface area contributed by atoms with Crippen LogP contribution < -0.4 is 10.0 Å². The lowest BCUT2D eigenvalue weighted by atomic mass is 10.2. The van der Waals surface area contributed by atoms with E-state index in [4.69, 9.17) is 0 Å². The van der Waals surface area contributed by atoms with Gasteiger partial charge in [0.05, 0.1) is 23.3 Å². The van der Waals surface area contributed by atoms with Gasteiger partial charge in [-0.1, -0.05) is 40.2 Å². The largest absolute Gasteiger partial charge is 0.465 e. The fourth-order valence-electron chi connectivity index (χ4n) is 2.63. The molecular formula is C21H17BrN2O5S. The van der Waals surface area contributed by atoms with Gasteiger partial charge in [-0.15, -0.1) is 0 Å². The van der Waals surface area contributed by atoms with E-state index in [0.29, 0.717) is 10.2 Å². The molecule has 3 rings (SSSR count). The molecule has 3 aromatic rings. The van der Waals surface area contributed by atoms with E-state index >= 15 is 0 Å². The number of hydrogen-bond acceptors (Lipinski definition) is 5. The molecule has 0 heterocycles. The number of halogens is 1. The molecule has 0 atom stereocenters. The molecule has 0 bridgehead atoms. The smallest absolute Gasteiger partial charge is 0.337 e. The number of sulfonamides is 1. The highest BCUT2D eigenvalue weighted by Gasteiger charge is 2.18. The monoisotopic (exact) mass is 488 g/mol. The van der Waals surface area contributed by atoms with Crippen molar-refractivity contribution >= 4 is 49.2 Å². The third-order valence-corrected chi connectivity index (χ3v) is 5.85. The van der Waals surface area contributed by atoms with Gasteiger partial charge in [0.25, 0.3) is 15.9 Å². The summed E-state index contributed by atoms with van der Waals surface area (Å²) in [5.74, 6) is -1.04. The molecule has 30 heavy (non-hydrogen) atoms. The van der Waals surface area contributed by atoms with Crippen LogP contribution in [0.5, 0.6) is 0 Å². The number of benzene rings is 3. The molecule has 9 heteroatoms. The summed E-state index contributed by atoms with van der Waals surface area (Å²) in [6.07, 6.45) is 0. The summed E-state index contributed by atoms with van der Waals surface area (Å²) in [5, 5.41) is 2.71. The lowest BCUT2D eigenvalue weighted by Gasteiger charge is -2.11. The summed E-state index contributed by atoms with van der Waals surface area (Å²) < 4.78 is 33.2. The number of para-hydroxylation sites is 1. The minimum atomic E-state index is -4.01. The zero-order chi connectivity index (χ0) is 21.7. The van der Waals surface area contributed by atoms with Crippen LogP contribution >= 0.6 is 15.9 Å². The Balaban J connectivity index is 1.85. The van der Waals surface area contributed by atoms with Crippen LogP contribution in [0.15, 0.2) is 82.2 Å². The van der Waals surface area contributed by atoms with Crippen molar-refractivity contribution in [1.29, 1.82) is 0 Å². The summed E-state index contributed by atoms with van der Waals surface area (Å²) in [4.78, 5) is 24.1. The maximum atomic E-state index is 12.8. The highest BCUT2D eigenvalue weighted by Crippen LogP contribution is 2.23. The van der Waals surface area contributed by atoms with Crippen LogP contribution in [0.3, 0.4) is 0 Å². The molecule has 3 aromatic carbocycles. The summed E-state index contributed by atoms with van der Waals surface area (Å²) in [7, 11) is -2.78. The molecule has 0 aliphatic heterocycles. The van der Waals surface area contributed by atoms with Gasteiger partial charge < -0.3 is 10.1 Å². The van der Waals surface area contributed by atoms with Crippen LogP contribution in [-0.4, -0.2) is 27.4 Å². The van der Waals surface area contributed by atoms with Gasteiger partial charge in [0, 0.05) is 15.7 Å². The van der Waals surface area contributed by atoms with Gasteiger partial charge in [0.2, 0.25) is 0 Å². The van der Waals surface area contributed by atoms with Crippen molar-refractivity contribution in [3.8, 4) is 0 Å². The average molecular weight is 489 g/mol. The second kappa shape index (κ2) is 9.10. The first kappa shape index (κ1) is 21.5. The van der Waals surface area contributed by atoms with E-state index in [1.807, 2.05) is 6.07 Å². The summed E-state index contributed by atoms with van der Waals surface area (Å²) in [6.45, 7) is 0. The molecule has 0 unspecified atom stereocenters. The van der Waals surface area contributed by atoms with Gasteiger partial charge in [-0.05, 0) is 48.5 Å². The first-order valence-corrected chi connectivity index (χ1v) is 10.9. The predicted molar refractivity (Wildman–Crippen MR) is 117 cm³/mol. The Morgan fingerprint density at radius 2 is 1.60 bits per heavy atom. The van der Waals surface area contributed by atoms with E-state index in [1.165, 1.54) is 49.6 Å². The molecule has 0 aromatic heterocycles. The molecule has 0 saturated carbocycles. The lowest BCUT2D eigenvalue weighted by molar-refractivity contribution is 0.0600. The Bertz CT molecular complexity index is 1200. The minimum Gasteiger partial charge on any atom is -0.465 e. The third-order valence-electron chi connectivity index (χ3n) is 4.01. The second-order valence-corrected chi connectivity index (χ2v) is 8.77. The van der Waals surface area contributed by atoms with Crippen molar-refractivity contribution in [3.05, 3.63) is 88.4 Å². The van der Waals surface area contributed by atoms with E-state index in [1.54, 1.807) is 24.3 Å². The van der Waals surface area contributed by atoms with Crippen LogP contribution in [0.4, 0.5) is 11.4 Å². The van der Waals surface area contributed by atoms with Gasteiger partial charge in [-0.25, -0.2) is 13.2 Å².